The van der Waals surface area contributed by atoms with Crippen molar-refractivity contribution in [1.82, 2.24) is 4.98 Å². The zero-order chi connectivity index (χ0) is 11.6. The van der Waals surface area contributed by atoms with Gasteiger partial charge in [0.2, 0.25) is 0 Å². The van der Waals surface area contributed by atoms with Gasteiger partial charge < -0.3 is 4.98 Å². The first-order chi connectivity index (χ1) is 6.99. The number of rotatable bonds is 2. The molecule has 3 heteroatoms. The maximum atomic E-state index is 11.5. The smallest absolute Gasteiger partial charge is 0.266 e. The van der Waals surface area contributed by atoms with Gasteiger partial charge in [0.1, 0.15) is 11.6 Å². The van der Waals surface area contributed by atoms with Crippen molar-refractivity contribution in [2.24, 2.45) is 0 Å². The summed E-state index contributed by atoms with van der Waals surface area (Å²) < 4.78 is 0. The van der Waals surface area contributed by atoms with Crippen LogP contribution in [0.3, 0.4) is 0 Å². The van der Waals surface area contributed by atoms with Gasteiger partial charge in [0.05, 0.1) is 0 Å². The Labute approximate surface area is 89.8 Å². The van der Waals surface area contributed by atoms with E-state index in [0.29, 0.717) is 5.92 Å². The van der Waals surface area contributed by atoms with E-state index in [4.69, 9.17) is 5.26 Å². The van der Waals surface area contributed by atoms with Crippen LogP contribution in [0.25, 0.3) is 0 Å². The lowest BCUT2D eigenvalue weighted by Crippen LogP contribution is -2.16. The van der Waals surface area contributed by atoms with Crippen LogP contribution < -0.4 is 5.56 Å². The van der Waals surface area contributed by atoms with Gasteiger partial charge in [0.15, 0.2) is 0 Å². The first-order valence-electron chi connectivity index (χ1n) is 5.14. The number of aromatic amines is 1. The summed E-state index contributed by atoms with van der Waals surface area (Å²) in [4.78, 5) is 14.1. The largest absolute Gasteiger partial charge is 0.328 e. The summed E-state index contributed by atoms with van der Waals surface area (Å²) in [5.41, 5.74) is 1.92. The third-order valence-corrected chi connectivity index (χ3v) is 2.48. The molecule has 0 atom stereocenters. The highest BCUT2D eigenvalue weighted by Crippen LogP contribution is 2.26. The molecule has 1 aromatic rings. The molecule has 3 nitrogen and oxygen atoms in total. The highest BCUT2D eigenvalue weighted by atomic mass is 16.1. The van der Waals surface area contributed by atoms with Crippen molar-refractivity contribution >= 4 is 0 Å². The van der Waals surface area contributed by atoms with Crippen LogP contribution in [-0.4, -0.2) is 4.98 Å². The highest BCUT2D eigenvalue weighted by molar-refractivity contribution is 5.43. The maximum absolute atomic E-state index is 11.5. The summed E-state index contributed by atoms with van der Waals surface area (Å²) in [6, 6.07) is 2.00. The summed E-state index contributed by atoms with van der Waals surface area (Å²) in [7, 11) is 0. The molecule has 0 aromatic carbocycles. The summed E-state index contributed by atoms with van der Waals surface area (Å²) in [5.74, 6) is 0.505. The topological polar surface area (TPSA) is 56.6 Å². The number of hydrogen-bond acceptors (Lipinski definition) is 2. The molecule has 0 bridgehead atoms. The molecule has 1 rings (SSSR count). The van der Waals surface area contributed by atoms with Crippen LogP contribution >= 0.6 is 0 Å². The molecule has 0 unspecified atom stereocenters. The third kappa shape index (κ3) is 2.10. The molecule has 0 aliphatic carbocycles. The van der Waals surface area contributed by atoms with E-state index in [1.807, 2.05) is 19.9 Å². The van der Waals surface area contributed by atoms with Crippen molar-refractivity contribution in [3.05, 3.63) is 33.2 Å². The van der Waals surface area contributed by atoms with E-state index >= 15 is 0 Å². The number of aromatic nitrogens is 1. The minimum atomic E-state index is -0.286. The van der Waals surface area contributed by atoms with Crippen molar-refractivity contribution < 1.29 is 0 Å². The number of nitriles is 1. The van der Waals surface area contributed by atoms with Crippen LogP contribution in [0.1, 0.15) is 56.2 Å². The summed E-state index contributed by atoms with van der Waals surface area (Å²) in [5, 5.41) is 8.98. The molecule has 0 fully saturated rings. The normalized spacial score (nSPS) is 10.7. The van der Waals surface area contributed by atoms with Crippen molar-refractivity contribution in [3.8, 4) is 6.07 Å². The van der Waals surface area contributed by atoms with Crippen LogP contribution in [0.2, 0.25) is 0 Å². The van der Waals surface area contributed by atoms with Gasteiger partial charge in [-0.2, -0.15) is 5.26 Å². The van der Waals surface area contributed by atoms with Gasteiger partial charge in [0.25, 0.3) is 5.56 Å². The van der Waals surface area contributed by atoms with E-state index in [2.05, 4.69) is 18.8 Å². The quantitative estimate of drug-likeness (QED) is 0.804. The minimum Gasteiger partial charge on any atom is -0.328 e. The van der Waals surface area contributed by atoms with E-state index in [1.54, 1.807) is 6.20 Å². The van der Waals surface area contributed by atoms with E-state index in [0.717, 1.165) is 11.1 Å². The zero-order valence-corrected chi connectivity index (χ0v) is 9.59. The van der Waals surface area contributed by atoms with E-state index in [-0.39, 0.29) is 17.0 Å². The van der Waals surface area contributed by atoms with Crippen LogP contribution in [0.5, 0.6) is 0 Å². The van der Waals surface area contributed by atoms with Crippen molar-refractivity contribution in [2.75, 3.05) is 0 Å². The van der Waals surface area contributed by atoms with E-state index in [1.165, 1.54) is 0 Å². The van der Waals surface area contributed by atoms with Crippen LogP contribution in [0.15, 0.2) is 11.0 Å². The number of H-pyrrole nitrogens is 1. The van der Waals surface area contributed by atoms with Gasteiger partial charge in [-0.25, -0.2) is 0 Å². The fraction of sp³-hybridized carbons (Fsp3) is 0.500. The fourth-order valence-corrected chi connectivity index (χ4v) is 1.77. The second-order valence-electron chi connectivity index (χ2n) is 4.28. The van der Waals surface area contributed by atoms with Crippen LogP contribution in [-0.2, 0) is 0 Å². The molecule has 80 valence electrons. The molecule has 0 aliphatic heterocycles. The van der Waals surface area contributed by atoms with Crippen LogP contribution in [0, 0.1) is 11.3 Å². The molecule has 0 radical (unpaired) electrons. The molecule has 0 spiro atoms. The van der Waals surface area contributed by atoms with E-state index in [9.17, 15) is 4.79 Å². The molecule has 0 aliphatic rings. The maximum Gasteiger partial charge on any atom is 0.266 e. The van der Waals surface area contributed by atoms with E-state index < -0.39 is 0 Å². The van der Waals surface area contributed by atoms with Gasteiger partial charge in [-0.1, -0.05) is 27.7 Å². The molecule has 0 saturated carbocycles. The minimum absolute atomic E-state index is 0.194. The molecule has 0 amide bonds. The van der Waals surface area contributed by atoms with Crippen molar-refractivity contribution in [3.63, 3.8) is 0 Å². The molecule has 1 heterocycles. The molecule has 15 heavy (non-hydrogen) atoms. The summed E-state index contributed by atoms with van der Waals surface area (Å²) in [6.07, 6.45) is 1.73. The standard InChI is InChI=1S/C12H16N2O/c1-7(2)10-6-14-12(15)9(5-13)11(10)8(3)4/h6-8H,1-4H3,(H,14,15). The zero-order valence-electron chi connectivity index (χ0n) is 9.59. The number of pyridine rings is 1. The Hall–Kier alpha value is -1.56. The second kappa shape index (κ2) is 4.31. The SMILES string of the molecule is CC(C)c1c[nH]c(=O)c(C#N)c1C(C)C. The molecule has 0 saturated heterocycles. The summed E-state index contributed by atoms with van der Waals surface area (Å²) in [6.45, 7) is 8.12. The van der Waals surface area contributed by atoms with Gasteiger partial charge in [-0.15, -0.1) is 0 Å². The molecular weight excluding hydrogens is 188 g/mol. The van der Waals surface area contributed by atoms with Crippen molar-refractivity contribution in [2.45, 2.75) is 39.5 Å². The predicted molar refractivity (Wildman–Crippen MR) is 60.0 cm³/mol. The fourth-order valence-electron chi connectivity index (χ4n) is 1.77. The third-order valence-electron chi connectivity index (χ3n) is 2.48. The van der Waals surface area contributed by atoms with Crippen LogP contribution in [0.4, 0.5) is 0 Å². The Bertz CT molecular complexity index is 450. The lowest BCUT2D eigenvalue weighted by Gasteiger charge is -2.16. The molecule has 1 N–H and O–H groups in total. The lowest BCUT2D eigenvalue weighted by atomic mass is 9.89. The average Bonchev–Trinajstić information content (AvgIpc) is 2.16. The predicted octanol–water partition coefficient (Wildman–Crippen LogP) is 2.49. The number of nitrogens with zero attached hydrogens (tertiary/aromatic N) is 1. The Morgan fingerprint density at radius 1 is 1.27 bits per heavy atom. The monoisotopic (exact) mass is 204 g/mol. The van der Waals surface area contributed by atoms with Gasteiger partial charge in [-0.05, 0) is 23.0 Å². The first kappa shape index (κ1) is 11.5. The van der Waals surface area contributed by atoms with Gasteiger partial charge >= 0.3 is 0 Å². The molecular formula is C12H16N2O. The number of hydrogen-bond donors (Lipinski definition) is 1. The van der Waals surface area contributed by atoms with Gasteiger partial charge in [-0.3, -0.25) is 4.79 Å². The first-order valence-corrected chi connectivity index (χ1v) is 5.14. The molecule has 1 aromatic heterocycles. The second-order valence-corrected chi connectivity index (χ2v) is 4.28. The Kier molecular flexibility index (Phi) is 3.31. The Balaban J connectivity index is 3.59. The number of nitrogens with one attached hydrogen (secondary N) is 1. The highest BCUT2D eigenvalue weighted by Gasteiger charge is 2.16. The Morgan fingerprint density at radius 3 is 2.27 bits per heavy atom. The van der Waals surface area contributed by atoms with Gasteiger partial charge in [0, 0.05) is 6.20 Å². The Morgan fingerprint density at radius 2 is 1.87 bits per heavy atom. The summed E-state index contributed by atoms with van der Waals surface area (Å²) >= 11 is 0. The van der Waals surface area contributed by atoms with Crippen molar-refractivity contribution in [1.29, 1.82) is 5.26 Å². The average molecular weight is 204 g/mol. The lowest BCUT2D eigenvalue weighted by molar-refractivity contribution is 0.776.